The number of H-pyrrole nitrogens is 1. The number of fused-ring (bicyclic) bond motifs is 1. The van der Waals surface area contributed by atoms with Crippen molar-refractivity contribution in [3.8, 4) is 17.0 Å². The fourth-order valence-electron chi connectivity index (χ4n) is 4.49. The summed E-state index contributed by atoms with van der Waals surface area (Å²) in [4.78, 5) is 44.8. The Kier molecular flexibility index (Phi) is 6.72. The van der Waals surface area contributed by atoms with E-state index in [1.165, 1.54) is 22.8 Å². The highest BCUT2D eigenvalue weighted by atomic mass is 16.6. The number of ether oxygens (including phenoxy) is 2. The Morgan fingerprint density at radius 1 is 1.21 bits per heavy atom. The summed E-state index contributed by atoms with van der Waals surface area (Å²) in [7, 11) is 1.55. The number of carbonyl (C=O) groups is 1. The normalized spacial score (nSPS) is 15.1. The molecule has 198 valence electrons. The number of esters is 1. The quantitative estimate of drug-likeness (QED) is 0.220. The van der Waals surface area contributed by atoms with Gasteiger partial charge in [0.15, 0.2) is 5.42 Å². The van der Waals surface area contributed by atoms with Gasteiger partial charge in [0.1, 0.15) is 11.8 Å². The number of hydrogen-bond donors (Lipinski definition) is 1. The molecule has 1 aliphatic heterocycles. The monoisotopic (exact) mass is 528 g/mol. The molecule has 11 nitrogen and oxygen atoms in total. The van der Waals surface area contributed by atoms with Crippen LogP contribution in [0.5, 0.6) is 5.75 Å². The fourth-order valence-corrected chi connectivity index (χ4v) is 4.49. The number of methoxy groups -OCH3 is 1. The predicted molar refractivity (Wildman–Crippen MR) is 141 cm³/mol. The van der Waals surface area contributed by atoms with Gasteiger partial charge in [-0.1, -0.05) is 24.3 Å². The molecule has 0 spiro atoms. The maximum Gasteiger partial charge on any atom is 0.338 e. The van der Waals surface area contributed by atoms with E-state index in [1.807, 2.05) is 0 Å². The molecule has 1 unspecified atom stereocenters. The Morgan fingerprint density at radius 2 is 1.97 bits per heavy atom. The molecule has 11 heteroatoms. The molecule has 3 heterocycles. The van der Waals surface area contributed by atoms with Crippen molar-refractivity contribution >= 4 is 17.7 Å². The fraction of sp³-hybridized carbons (Fsp3) is 0.179. The van der Waals surface area contributed by atoms with Gasteiger partial charge in [-0.15, -0.1) is 0 Å². The highest BCUT2D eigenvalue weighted by molar-refractivity contribution is 5.91. The molecule has 0 saturated carbocycles. The first-order valence-corrected chi connectivity index (χ1v) is 12.1. The Hall–Kier alpha value is -5.19. The Balaban J connectivity index is 1.61. The third kappa shape index (κ3) is 4.77. The smallest absolute Gasteiger partial charge is 0.338 e. The number of nitrogens with one attached hydrogen (secondary N) is 1. The minimum Gasteiger partial charge on any atom is -0.497 e. The second-order valence-corrected chi connectivity index (χ2v) is 8.71. The molecule has 1 aliphatic rings. The van der Waals surface area contributed by atoms with Crippen LogP contribution in [-0.2, 0) is 9.53 Å². The molecule has 0 amide bonds. The van der Waals surface area contributed by atoms with Crippen LogP contribution in [0.2, 0.25) is 0 Å². The van der Waals surface area contributed by atoms with E-state index >= 15 is 0 Å². The maximum absolute atomic E-state index is 13.6. The largest absolute Gasteiger partial charge is 0.497 e. The summed E-state index contributed by atoms with van der Waals surface area (Å²) >= 11 is 0. The lowest BCUT2D eigenvalue weighted by molar-refractivity contribution is -0.384. The summed E-state index contributed by atoms with van der Waals surface area (Å²) < 4.78 is 17.7. The Morgan fingerprint density at radius 3 is 2.67 bits per heavy atom. The number of rotatable bonds is 7. The minimum absolute atomic E-state index is 0.00221. The first kappa shape index (κ1) is 25.5. The molecule has 5 rings (SSSR count). The summed E-state index contributed by atoms with van der Waals surface area (Å²) in [5.41, 5.74) is 2.57. The molecule has 1 N–H and O–H groups in total. The lowest BCUT2D eigenvalue weighted by Gasteiger charge is -2.23. The third-order valence-corrected chi connectivity index (χ3v) is 6.31. The molecule has 2 aromatic heterocycles. The van der Waals surface area contributed by atoms with Crippen LogP contribution in [0.4, 0.5) is 5.69 Å². The number of nitrogens with zero attached hydrogens (tertiary/aromatic N) is 3. The van der Waals surface area contributed by atoms with Gasteiger partial charge in [-0.3, -0.25) is 14.9 Å². The SMILES string of the molecule is CCOC(=O)C1=C(C)N=c2oc(=Cc3ccc(-c4cccc([N+](=O)[O-])c4)[nH]3)c(=O)n2C1c1ccc(OC)cc1. The van der Waals surface area contributed by atoms with Crippen LogP contribution in [0.3, 0.4) is 0 Å². The van der Waals surface area contributed by atoms with Gasteiger partial charge in [-0.2, -0.15) is 0 Å². The van der Waals surface area contributed by atoms with Crippen molar-refractivity contribution in [1.82, 2.24) is 9.55 Å². The van der Waals surface area contributed by atoms with E-state index in [4.69, 9.17) is 13.9 Å². The number of nitro groups is 1. The van der Waals surface area contributed by atoms with E-state index in [0.29, 0.717) is 34.0 Å². The van der Waals surface area contributed by atoms with E-state index in [2.05, 4.69) is 9.98 Å². The highest BCUT2D eigenvalue weighted by Crippen LogP contribution is 2.31. The topological polar surface area (TPSA) is 142 Å². The molecule has 0 aliphatic carbocycles. The van der Waals surface area contributed by atoms with Gasteiger partial charge in [-0.05, 0) is 43.7 Å². The number of non-ortho nitro benzene ring substituents is 1. The van der Waals surface area contributed by atoms with Crippen LogP contribution in [-0.4, -0.2) is 34.2 Å². The molecule has 0 radical (unpaired) electrons. The molecule has 0 saturated heterocycles. The van der Waals surface area contributed by atoms with E-state index in [9.17, 15) is 19.7 Å². The molecule has 0 fully saturated rings. The zero-order valence-corrected chi connectivity index (χ0v) is 21.3. The van der Waals surface area contributed by atoms with Crippen LogP contribution in [0.25, 0.3) is 17.3 Å². The van der Waals surface area contributed by atoms with Crippen molar-refractivity contribution < 1.29 is 23.6 Å². The summed E-state index contributed by atoms with van der Waals surface area (Å²) in [6, 6.07) is 15.9. The van der Waals surface area contributed by atoms with Crippen LogP contribution >= 0.6 is 0 Å². The number of benzene rings is 2. The minimum atomic E-state index is -0.829. The molecule has 2 aromatic carbocycles. The number of allylic oxidation sites excluding steroid dienone is 1. The number of nitro benzene ring substituents is 1. The van der Waals surface area contributed by atoms with E-state index in [1.54, 1.807) is 69.5 Å². The second-order valence-electron chi connectivity index (χ2n) is 8.71. The lowest BCUT2D eigenvalue weighted by Crippen LogP contribution is -2.40. The Bertz CT molecular complexity index is 1790. The molecular formula is C28H24N4O7. The zero-order valence-electron chi connectivity index (χ0n) is 21.3. The average molecular weight is 529 g/mol. The molecule has 39 heavy (non-hydrogen) atoms. The summed E-state index contributed by atoms with van der Waals surface area (Å²) in [6.45, 7) is 3.53. The van der Waals surface area contributed by atoms with Crippen molar-refractivity contribution in [2.24, 2.45) is 4.99 Å². The van der Waals surface area contributed by atoms with Crippen LogP contribution in [0, 0.1) is 10.1 Å². The number of oxazole rings is 1. The van der Waals surface area contributed by atoms with Gasteiger partial charge in [0.05, 0.1) is 29.9 Å². The average Bonchev–Trinajstić information content (AvgIpc) is 3.52. The van der Waals surface area contributed by atoms with E-state index in [-0.39, 0.29) is 29.0 Å². The first-order chi connectivity index (χ1) is 18.8. The van der Waals surface area contributed by atoms with Crippen molar-refractivity contribution in [1.29, 1.82) is 0 Å². The van der Waals surface area contributed by atoms with Crippen molar-refractivity contribution in [2.75, 3.05) is 13.7 Å². The Labute approximate surface area is 221 Å². The zero-order chi connectivity index (χ0) is 27.7. The lowest BCUT2D eigenvalue weighted by atomic mass is 9.96. The van der Waals surface area contributed by atoms with Crippen LogP contribution < -0.4 is 21.4 Å². The summed E-state index contributed by atoms with van der Waals surface area (Å²) in [5, 5.41) is 11.1. The van der Waals surface area contributed by atoms with Gasteiger partial charge >= 0.3 is 11.7 Å². The van der Waals surface area contributed by atoms with Crippen LogP contribution in [0.1, 0.15) is 31.1 Å². The molecule has 0 bridgehead atoms. The first-order valence-electron chi connectivity index (χ1n) is 12.1. The van der Waals surface area contributed by atoms with Crippen molar-refractivity contribution in [3.05, 3.63) is 115 Å². The molecule has 1 atom stereocenters. The number of carbonyl (C=O) groups excluding carboxylic acids is 1. The van der Waals surface area contributed by atoms with Crippen molar-refractivity contribution in [2.45, 2.75) is 19.9 Å². The van der Waals surface area contributed by atoms with Gasteiger partial charge in [-0.25, -0.2) is 14.4 Å². The second kappa shape index (κ2) is 10.3. The van der Waals surface area contributed by atoms with Gasteiger partial charge < -0.3 is 18.9 Å². The van der Waals surface area contributed by atoms with Gasteiger partial charge in [0, 0.05) is 35.2 Å². The van der Waals surface area contributed by atoms with E-state index in [0.717, 1.165) is 0 Å². The standard InChI is InChI=1S/C28H24N4O7/c1-4-38-27(34)24-16(2)29-28-31(25(24)17-8-11-21(37-3)12-9-17)26(33)23(39-28)15-19-10-13-22(30-19)18-6-5-7-20(14-18)32(35)36/h5-15,25,30H,4H2,1-3H3. The van der Waals surface area contributed by atoms with Crippen molar-refractivity contribution in [3.63, 3.8) is 0 Å². The maximum atomic E-state index is 13.6. The van der Waals surface area contributed by atoms with Gasteiger partial charge in [0.2, 0.25) is 0 Å². The molecular weight excluding hydrogens is 504 g/mol. The van der Waals surface area contributed by atoms with E-state index < -0.39 is 22.5 Å². The van der Waals surface area contributed by atoms with Crippen LogP contribution in [0.15, 0.2) is 86.1 Å². The molecule has 4 aromatic rings. The number of hydrogen-bond acceptors (Lipinski definition) is 8. The van der Waals surface area contributed by atoms with Gasteiger partial charge in [0.25, 0.3) is 11.2 Å². The number of aromatic nitrogens is 2. The predicted octanol–water partition coefficient (Wildman–Crippen LogP) is 3.24. The number of aromatic amines is 1. The summed E-state index contributed by atoms with van der Waals surface area (Å²) in [5.74, 6) is 0.0486. The summed E-state index contributed by atoms with van der Waals surface area (Å²) in [6.07, 6.45) is 1.52. The third-order valence-electron chi connectivity index (χ3n) is 6.31. The highest BCUT2D eigenvalue weighted by Gasteiger charge is 2.34.